The zero-order valence-corrected chi connectivity index (χ0v) is 27.7. The van der Waals surface area contributed by atoms with Crippen LogP contribution in [0, 0.1) is 0 Å². The highest BCUT2D eigenvalue weighted by atomic mass is 32.2. The van der Waals surface area contributed by atoms with E-state index in [9.17, 15) is 40.6 Å². The number of rotatable bonds is 9. The van der Waals surface area contributed by atoms with E-state index in [1.165, 1.54) is 36.4 Å². The number of nitrogens with zero attached hydrogens (tertiary/aromatic N) is 6. The number of phenols is 1. The van der Waals surface area contributed by atoms with Crippen LogP contribution in [0.4, 0.5) is 22.7 Å². The molecule has 1 amide bonds. The molecule has 6 rings (SSSR count). The molecule has 5 aromatic carbocycles. The van der Waals surface area contributed by atoms with E-state index in [2.05, 4.69) is 25.6 Å². The molecule has 0 spiro atoms. The minimum atomic E-state index is -4.88. The van der Waals surface area contributed by atoms with E-state index in [1.807, 2.05) is 12.1 Å². The predicted octanol–water partition coefficient (Wildman–Crippen LogP) is 6.69. The second-order valence-corrected chi connectivity index (χ2v) is 13.9. The van der Waals surface area contributed by atoms with Gasteiger partial charge in [0.25, 0.3) is 26.1 Å². The van der Waals surface area contributed by atoms with Crippen LogP contribution in [0.5, 0.6) is 5.75 Å². The number of azo groups is 2. The van der Waals surface area contributed by atoms with Gasteiger partial charge in [0.2, 0.25) is 0 Å². The molecule has 0 aromatic heterocycles. The lowest BCUT2D eigenvalue weighted by molar-refractivity contribution is -0.117. The molecule has 4 N–H and O–H groups in total. The van der Waals surface area contributed by atoms with Gasteiger partial charge in [-0.25, -0.2) is 4.79 Å². The van der Waals surface area contributed by atoms with E-state index in [4.69, 9.17) is 5.11 Å². The summed E-state index contributed by atoms with van der Waals surface area (Å²) >= 11 is 0. The number of fused-ring (bicyclic) bond motifs is 1. The number of carboxylic acids is 1. The molecule has 51 heavy (non-hydrogen) atoms. The summed E-state index contributed by atoms with van der Waals surface area (Å²) in [5.41, 5.74) is 3.06. The van der Waals surface area contributed by atoms with Crippen molar-refractivity contribution >= 4 is 71.3 Å². The molecule has 0 saturated carbocycles. The molecule has 258 valence electrons. The highest BCUT2D eigenvalue weighted by Gasteiger charge is 2.35. The van der Waals surface area contributed by atoms with Crippen molar-refractivity contribution in [1.29, 1.82) is 0 Å². The van der Waals surface area contributed by atoms with Crippen molar-refractivity contribution in [2.24, 2.45) is 25.6 Å². The number of anilines is 1. The molecule has 16 nitrogen and oxygen atoms in total. The number of carbonyl (C=O) groups is 2. The van der Waals surface area contributed by atoms with Crippen LogP contribution in [0.3, 0.4) is 0 Å². The summed E-state index contributed by atoms with van der Waals surface area (Å²) in [5, 5.41) is 40.5. The molecule has 1 unspecified atom stereocenters. The van der Waals surface area contributed by atoms with Gasteiger partial charge in [-0.3, -0.25) is 13.9 Å². The van der Waals surface area contributed by atoms with Gasteiger partial charge in [0.1, 0.15) is 16.2 Å². The summed E-state index contributed by atoms with van der Waals surface area (Å²) in [5.74, 6) is -2.24. The minimum absolute atomic E-state index is 0.00901. The average Bonchev–Trinajstić information content (AvgIpc) is 3.37. The molecule has 0 bridgehead atoms. The van der Waals surface area contributed by atoms with Gasteiger partial charge >= 0.3 is 5.97 Å². The summed E-state index contributed by atoms with van der Waals surface area (Å²) in [6.07, 6.45) is 0. The molecule has 1 aliphatic heterocycles. The van der Waals surface area contributed by atoms with E-state index in [1.54, 1.807) is 43.3 Å². The maximum atomic E-state index is 13.3. The number of aromatic hydroxyl groups is 1. The summed E-state index contributed by atoms with van der Waals surface area (Å²) < 4.78 is 66.5. The molecule has 1 aliphatic rings. The number of carbonyl (C=O) groups excluding carboxylic acids is 1. The third kappa shape index (κ3) is 7.38. The van der Waals surface area contributed by atoms with Gasteiger partial charge in [0, 0.05) is 5.39 Å². The first-order valence-corrected chi connectivity index (χ1v) is 17.5. The Labute approximate surface area is 289 Å². The van der Waals surface area contributed by atoms with Crippen molar-refractivity contribution in [2.45, 2.75) is 22.8 Å². The van der Waals surface area contributed by atoms with Crippen LogP contribution >= 0.6 is 0 Å². The summed E-state index contributed by atoms with van der Waals surface area (Å²) in [7, 11) is -9.73. The number of carboxylic acid groups (broad SMARTS) is 1. The second-order valence-electron chi connectivity index (χ2n) is 11.1. The lowest BCUT2D eigenvalue weighted by Gasteiger charge is -2.14. The van der Waals surface area contributed by atoms with Gasteiger partial charge in [0.15, 0.2) is 6.04 Å². The number of hydrogen-bond acceptors (Lipinski definition) is 12. The first-order chi connectivity index (χ1) is 24.1. The van der Waals surface area contributed by atoms with Crippen molar-refractivity contribution in [2.75, 3.05) is 5.01 Å². The number of benzene rings is 5. The summed E-state index contributed by atoms with van der Waals surface area (Å²) in [6.45, 7) is 1.57. The number of amides is 1. The molecule has 18 heteroatoms. The largest absolute Gasteiger partial charge is 0.507 e. The van der Waals surface area contributed by atoms with Crippen molar-refractivity contribution in [3.05, 3.63) is 103 Å². The van der Waals surface area contributed by atoms with E-state index in [0.717, 1.165) is 22.2 Å². The first kappa shape index (κ1) is 34.6. The number of hydrazone groups is 1. The first-order valence-electron chi connectivity index (χ1n) is 14.6. The molecule has 1 atom stereocenters. The van der Waals surface area contributed by atoms with Crippen molar-refractivity contribution in [1.82, 2.24) is 0 Å². The van der Waals surface area contributed by atoms with Gasteiger partial charge in [0.05, 0.1) is 33.4 Å². The lowest BCUT2D eigenvalue weighted by Crippen LogP contribution is -2.29. The van der Waals surface area contributed by atoms with Crippen LogP contribution in [-0.2, 0) is 25.0 Å². The van der Waals surface area contributed by atoms with Crippen LogP contribution in [0.15, 0.2) is 132 Å². The molecule has 0 radical (unpaired) electrons. The summed E-state index contributed by atoms with van der Waals surface area (Å²) in [4.78, 5) is 23.0. The van der Waals surface area contributed by atoms with Crippen molar-refractivity contribution < 1.29 is 45.7 Å². The fourth-order valence-electron chi connectivity index (χ4n) is 5.10. The van der Waals surface area contributed by atoms with Gasteiger partial charge in [-0.2, -0.15) is 47.4 Å². The van der Waals surface area contributed by atoms with E-state index >= 15 is 0 Å². The molecule has 5 aromatic rings. The second kappa shape index (κ2) is 13.2. The third-order valence-corrected chi connectivity index (χ3v) is 9.36. The van der Waals surface area contributed by atoms with E-state index < -0.39 is 47.9 Å². The monoisotopic (exact) mass is 728 g/mol. The van der Waals surface area contributed by atoms with Gasteiger partial charge in [-0.1, -0.05) is 30.3 Å². The van der Waals surface area contributed by atoms with Crippen LogP contribution in [0.1, 0.15) is 17.3 Å². The summed E-state index contributed by atoms with van der Waals surface area (Å²) in [6, 6.07) is 22.4. The zero-order valence-electron chi connectivity index (χ0n) is 26.1. The third-order valence-electron chi connectivity index (χ3n) is 7.64. The zero-order chi connectivity index (χ0) is 36.7. The fourth-order valence-corrected chi connectivity index (χ4v) is 6.46. The Morgan fingerprint density at radius 3 is 1.92 bits per heavy atom. The SMILES string of the molecule is CC1=NN(c2ccc3c(S(=O)(=O)O)cc(S(=O)(=O)O)cc3c2)C(=O)C1N=Nc1ccc(-c2ccc(N=Nc3ccc(O)c(C(=O)O)c3)cc2)cc1. The lowest BCUT2D eigenvalue weighted by atomic mass is 10.1. The molecular formula is C33H24N6O10S2. The quantitative estimate of drug-likeness (QED) is 0.0924. The van der Waals surface area contributed by atoms with Crippen molar-refractivity contribution in [3.63, 3.8) is 0 Å². The van der Waals surface area contributed by atoms with Crippen LogP contribution in [0.2, 0.25) is 0 Å². The van der Waals surface area contributed by atoms with E-state index in [0.29, 0.717) is 23.2 Å². The Morgan fingerprint density at radius 2 is 1.33 bits per heavy atom. The Kier molecular flexibility index (Phi) is 9.00. The predicted molar refractivity (Wildman–Crippen MR) is 184 cm³/mol. The molecule has 0 fully saturated rings. The number of aromatic carboxylic acids is 1. The topological polar surface area (TPSA) is 248 Å². The minimum Gasteiger partial charge on any atom is -0.507 e. The molecule has 1 heterocycles. The normalized spacial score (nSPS) is 15.3. The Morgan fingerprint density at radius 1 is 0.745 bits per heavy atom. The molecule has 0 aliphatic carbocycles. The fraction of sp³-hybridized carbons (Fsp3) is 0.0606. The highest BCUT2D eigenvalue weighted by molar-refractivity contribution is 7.86. The molecule has 0 saturated heterocycles. The maximum Gasteiger partial charge on any atom is 0.339 e. The number of hydrogen-bond donors (Lipinski definition) is 4. The molecular weight excluding hydrogens is 705 g/mol. The Hall–Kier alpha value is -6.21. The van der Waals surface area contributed by atoms with Gasteiger partial charge in [-0.15, -0.1) is 0 Å². The van der Waals surface area contributed by atoms with Gasteiger partial charge in [-0.05, 0) is 90.2 Å². The van der Waals surface area contributed by atoms with Crippen LogP contribution in [0.25, 0.3) is 21.9 Å². The average molecular weight is 729 g/mol. The van der Waals surface area contributed by atoms with Crippen LogP contribution in [-0.4, -0.2) is 59.8 Å². The standard InChI is InChI=1S/C33H24N6O10S2/c1-18-31(32(41)39(38-18)25-11-12-27-21(14-25)15-26(50(44,45)46)17-30(27)51(47,48)49)37-35-23-8-4-20(5-9-23)19-2-6-22(7-3-19)34-36-24-10-13-29(40)28(16-24)33(42)43/h2-17,31,40H,1H3,(H,42,43)(H,44,45,46)(H,47,48,49). The Balaban J connectivity index is 1.15. The van der Waals surface area contributed by atoms with Crippen molar-refractivity contribution in [3.8, 4) is 16.9 Å². The van der Waals surface area contributed by atoms with Crippen LogP contribution < -0.4 is 5.01 Å². The smallest absolute Gasteiger partial charge is 0.339 e. The maximum absolute atomic E-state index is 13.3. The highest BCUT2D eigenvalue weighted by Crippen LogP contribution is 2.33. The Bertz CT molecular complexity index is 2550. The van der Waals surface area contributed by atoms with E-state index in [-0.39, 0.29) is 33.5 Å². The van der Waals surface area contributed by atoms with Gasteiger partial charge < -0.3 is 10.2 Å².